The number of hydrogen-bond donors (Lipinski definition) is 1. The van der Waals surface area contributed by atoms with Crippen LogP contribution in [0.15, 0.2) is 52.9 Å². The van der Waals surface area contributed by atoms with E-state index in [0.29, 0.717) is 42.6 Å². The molecule has 1 aromatic heterocycles. The average Bonchev–Trinajstić information content (AvgIpc) is 3.29. The molecular formula is C26H31N3O5. The van der Waals surface area contributed by atoms with Crippen LogP contribution in [-0.4, -0.2) is 59.5 Å². The molecule has 0 bridgehead atoms. The van der Waals surface area contributed by atoms with E-state index in [1.807, 2.05) is 62.4 Å². The summed E-state index contributed by atoms with van der Waals surface area (Å²) in [4.78, 5) is 18.6. The Morgan fingerprint density at radius 1 is 1.06 bits per heavy atom. The van der Waals surface area contributed by atoms with E-state index in [1.165, 1.54) is 7.05 Å². The molecule has 8 nitrogen and oxygen atoms in total. The van der Waals surface area contributed by atoms with Crippen molar-refractivity contribution in [2.75, 3.05) is 27.2 Å². The number of urea groups is 1. The number of amides is 2. The Kier molecular flexibility index (Phi) is 7.07. The lowest BCUT2D eigenvalue weighted by molar-refractivity contribution is -0.0358. The maximum absolute atomic E-state index is 12.1. The van der Waals surface area contributed by atoms with Gasteiger partial charge in [0.1, 0.15) is 17.2 Å². The van der Waals surface area contributed by atoms with Crippen molar-refractivity contribution in [3.05, 3.63) is 54.4 Å². The van der Waals surface area contributed by atoms with Crippen molar-refractivity contribution in [3.8, 4) is 34.1 Å². The van der Waals surface area contributed by atoms with Crippen LogP contribution in [0.25, 0.3) is 22.6 Å². The number of aromatic nitrogens is 1. The summed E-state index contributed by atoms with van der Waals surface area (Å²) < 4.78 is 17.4. The number of piperidine rings is 1. The normalized spacial score (nSPS) is 14.4. The van der Waals surface area contributed by atoms with Crippen molar-refractivity contribution in [3.63, 3.8) is 0 Å². The topological polar surface area (TPSA) is 88.3 Å². The van der Waals surface area contributed by atoms with E-state index >= 15 is 0 Å². The first-order valence-corrected chi connectivity index (χ1v) is 11.5. The lowest BCUT2D eigenvalue weighted by atomic mass is 9.97. The van der Waals surface area contributed by atoms with Crippen molar-refractivity contribution >= 4 is 6.03 Å². The van der Waals surface area contributed by atoms with Crippen molar-refractivity contribution in [1.29, 1.82) is 0 Å². The van der Waals surface area contributed by atoms with Crippen molar-refractivity contribution < 1.29 is 23.9 Å². The molecule has 1 aliphatic rings. The van der Waals surface area contributed by atoms with Gasteiger partial charge in [-0.15, -0.1) is 0 Å². The number of hydrogen-bond acceptors (Lipinski definition) is 6. The number of methoxy groups -OCH3 is 1. The summed E-state index contributed by atoms with van der Waals surface area (Å²) in [5, 5.41) is 10.1. The third-order valence-electron chi connectivity index (χ3n) is 5.89. The number of hydroxylamine groups is 2. The van der Waals surface area contributed by atoms with E-state index in [9.17, 15) is 10.0 Å². The Bertz CT molecular complexity index is 1100. The van der Waals surface area contributed by atoms with Gasteiger partial charge in [-0.1, -0.05) is 0 Å². The highest BCUT2D eigenvalue weighted by Crippen LogP contribution is 2.38. The number of ether oxygens (including phenoxy) is 2. The second kappa shape index (κ2) is 10.2. The second-order valence-corrected chi connectivity index (χ2v) is 8.72. The molecule has 0 saturated carbocycles. The van der Waals surface area contributed by atoms with Gasteiger partial charge in [-0.2, -0.15) is 0 Å². The largest absolute Gasteiger partial charge is 0.497 e. The molecule has 0 spiro atoms. The number of carbonyl (C=O) groups excluding carboxylic acids is 1. The van der Waals surface area contributed by atoms with Gasteiger partial charge in [0.2, 0.25) is 0 Å². The number of benzene rings is 2. The van der Waals surface area contributed by atoms with Crippen LogP contribution in [0.2, 0.25) is 0 Å². The molecule has 8 heteroatoms. The molecule has 4 rings (SSSR count). The Hall–Kier alpha value is -3.52. The predicted octanol–water partition coefficient (Wildman–Crippen LogP) is 5.42. The Balaban J connectivity index is 1.64. The van der Waals surface area contributed by atoms with E-state index in [-0.39, 0.29) is 12.0 Å². The molecule has 0 aliphatic carbocycles. The Morgan fingerprint density at radius 3 is 2.21 bits per heavy atom. The average molecular weight is 466 g/mol. The van der Waals surface area contributed by atoms with Gasteiger partial charge in [-0.25, -0.2) is 14.8 Å². The van der Waals surface area contributed by atoms with E-state index in [0.717, 1.165) is 28.3 Å². The maximum atomic E-state index is 12.1. The van der Waals surface area contributed by atoms with Crippen molar-refractivity contribution in [1.82, 2.24) is 14.9 Å². The van der Waals surface area contributed by atoms with Crippen LogP contribution >= 0.6 is 0 Å². The fraction of sp³-hybridized carbons (Fsp3) is 0.385. The fourth-order valence-corrected chi connectivity index (χ4v) is 4.13. The minimum Gasteiger partial charge on any atom is -0.497 e. The van der Waals surface area contributed by atoms with Gasteiger partial charge in [0.15, 0.2) is 11.7 Å². The number of carbonyl (C=O) groups is 1. The summed E-state index contributed by atoms with van der Waals surface area (Å²) in [6.45, 7) is 5.06. The van der Waals surface area contributed by atoms with Gasteiger partial charge < -0.3 is 18.8 Å². The highest BCUT2D eigenvalue weighted by Gasteiger charge is 2.29. The summed E-state index contributed by atoms with van der Waals surface area (Å²) in [5.74, 6) is 3.02. The Labute approximate surface area is 199 Å². The second-order valence-electron chi connectivity index (χ2n) is 8.72. The molecule has 2 heterocycles. The zero-order chi connectivity index (χ0) is 24.2. The van der Waals surface area contributed by atoms with Gasteiger partial charge in [-0.3, -0.25) is 5.21 Å². The zero-order valence-electron chi connectivity index (χ0n) is 20.0. The van der Waals surface area contributed by atoms with Crippen LogP contribution in [0.3, 0.4) is 0 Å². The summed E-state index contributed by atoms with van der Waals surface area (Å²) >= 11 is 0. The molecule has 0 unspecified atom stereocenters. The summed E-state index contributed by atoms with van der Waals surface area (Å²) in [7, 11) is 2.98. The van der Waals surface area contributed by atoms with Crippen LogP contribution in [0, 0.1) is 0 Å². The van der Waals surface area contributed by atoms with Crippen molar-refractivity contribution in [2.45, 2.75) is 38.7 Å². The Morgan fingerprint density at radius 2 is 1.65 bits per heavy atom. The van der Waals surface area contributed by atoms with Gasteiger partial charge in [0, 0.05) is 37.2 Å². The highest BCUT2D eigenvalue weighted by atomic mass is 16.5. The fourth-order valence-electron chi connectivity index (χ4n) is 4.13. The van der Waals surface area contributed by atoms with E-state index in [1.54, 1.807) is 12.0 Å². The van der Waals surface area contributed by atoms with Crippen molar-refractivity contribution in [2.24, 2.45) is 0 Å². The molecule has 2 aromatic carbocycles. The minimum atomic E-state index is -0.394. The van der Waals surface area contributed by atoms with Gasteiger partial charge in [0.25, 0.3) is 0 Å². The molecule has 180 valence electrons. The molecule has 3 aromatic rings. The molecule has 0 atom stereocenters. The molecule has 0 radical (unpaired) electrons. The SMILES string of the molecule is COc1ccc(-c2oc(C3CCN(C(=O)N(C)O)CC3)nc2-c2ccc(OC(C)C)cc2)cc1. The van der Waals surface area contributed by atoms with Crippen LogP contribution in [0.4, 0.5) is 4.79 Å². The monoisotopic (exact) mass is 465 g/mol. The summed E-state index contributed by atoms with van der Waals surface area (Å²) in [6, 6.07) is 15.2. The highest BCUT2D eigenvalue weighted by molar-refractivity contribution is 5.77. The first kappa shape index (κ1) is 23.6. The smallest absolute Gasteiger partial charge is 0.343 e. The maximum Gasteiger partial charge on any atom is 0.343 e. The first-order chi connectivity index (χ1) is 16.4. The molecule has 2 amide bonds. The first-order valence-electron chi connectivity index (χ1n) is 11.5. The lowest BCUT2D eigenvalue weighted by Gasteiger charge is -2.31. The minimum absolute atomic E-state index is 0.0855. The van der Waals surface area contributed by atoms with Crippen LogP contribution in [-0.2, 0) is 0 Å². The third kappa shape index (κ3) is 5.17. The van der Waals surface area contributed by atoms with E-state index < -0.39 is 6.03 Å². The number of rotatable bonds is 6. The third-order valence-corrected chi connectivity index (χ3v) is 5.89. The lowest BCUT2D eigenvalue weighted by Crippen LogP contribution is -2.43. The molecule has 1 N–H and O–H groups in total. The predicted molar refractivity (Wildman–Crippen MR) is 128 cm³/mol. The van der Waals surface area contributed by atoms with Crippen LogP contribution < -0.4 is 9.47 Å². The van der Waals surface area contributed by atoms with Gasteiger partial charge in [-0.05, 0) is 75.2 Å². The van der Waals surface area contributed by atoms with Crippen LogP contribution in [0.5, 0.6) is 11.5 Å². The van der Waals surface area contributed by atoms with E-state index in [2.05, 4.69) is 0 Å². The number of oxazole rings is 1. The standard InChI is InChI=1S/C26H31N3O5/c1-17(2)33-22-11-5-18(6-12-22)23-24(19-7-9-21(32-4)10-8-19)34-25(27-23)20-13-15-29(16-14-20)26(30)28(3)31/h5-12,17,20,31H,13-16H2,1-4H3. The van der Waals surface area contributed by atoms with Gasteiger partial charge in [0.05, 0.1) is 13.2 Å². The quantitative estimate of drug-likeness (QED) is 0.386. The molecule has 34 heavy (non-hydrogen) atoms. The van der Waals surface area contributed by atoms with Gasteiger partial charge >= 0.3 is 6.03 Å². The molecular weight excluding hydrogens is 434 g/mol. The molecule has 1 aliphatic heterocycles. The summed E-state index contributed by atoms with van der Waals surface area (Å²) in [5.41, 5.74) is 2.61. The number of nitrogens with zero attached hydrogens (tertiary/aromatic N) is 3. The molecule has 1 fully saturated rings. The summed E-state index contributed by atoms with van der Waals surface area (Å²) in [6.07, 6.45) is 1.52. The van der Waals surface area contributed by atoms with E-state index in [4.69, 9.17) is 18.9 Å². The van der Waals surface area contributed by atoms with Crippen LogP contribution in [0.1, 0.15) is 38.5 Å². The molecule has 1 saturated heterocycles. The number of likely N-dealkylation sites (tertiary alicyclic amines) is 1. The zero-order valence-corrected chi connectivity index (χ0v) is 20.0.